The van der Waals surface area contributed by atoms with Gasteiger partial charge in [-0.25, -0.2) is 0 Å². The van der Waals surface area contributed by atoms with Gasteiger partial charge in [-0.2, -0.15) is 0 Å². The minimum absolute atomic E-state index is 0.212. The topological polar surface area (TPSA) is 31.2 Å². The molecule has 0 aliphatic rings. The van der Waals surface area contributed by atoms with Gasteiger partial charge in [0.05, 0.1) is 6.61 Å². The van der Waals surface area contributed by atoms with Crippen molar-refractivity contribution < 1.29 is 9.53 Å². The summed E-state index contributed by atoms with van der Waals surface area (Å²) in [5.41, 5.74) is 0.987. The second-order valence-electron chi connectivity index (χ2n) is 4.72. The number of halogens is 1. The highest BCUT2D eigenvalue weighted by Gasteiger charge is 2.08. The first kappa shape index (κ1) is 13.0. The van der Waals surface area contributed by atoms with E-state index in [1.54, 1.807) is 0 Å². The molecule has 3 nitrogen and oxygen atoms in total. The smallest absolute Gasteiger partial charge is 0.325 e. The Hall–Kier alpha value is -1.48. The van der Waals surface area contributed by atoms with Crippen LogP contribution in [0.1, 0.15) is 13.8 Å². The number of hydrogen-bond donors (Lipinski definition) is 0. The molecule has 0 saturated heterocycles. The lowest BCUT2D eigenvalue weighted by Gasteiger charge is -2.08. The molecule has 0 aliphatic carbocycles. The largest absolute Gasteiger partial charge is 0.464 e. The number of carbonyl (C=O) groups excluding carboxylic acids is 1. The Bertz CT molecular complexity index is 560. The molecule has 0 fully saturated rings. The van der Waals surface area contributed by atoms with Crippen LogP contribution < -0.4 is 0 Å². The van der Waals surface area contributed by atoms with E-state index in [9.17, 15) is 4.79 Å². The second kappa shape index (κ2) is 5.44. The predicted molar refractivity (Wildman–Crippen MR) is 72.7 cm³/mol. The number of ether oxygens (including phenoxy) is 1. The lowest BCUT2D eigenvalue weighted by atomic mass is 10.2. The highest BCUT2D eigenvalue weighted by Crippen LogP contribution is 2.20. The lowest BCUT2D eigenvalue weighted by Crippen LogP contribution is -2.15. The number of fused-ring (bicyclic) bond motifs is 1. The number of rotatable bonds is 4. The molecule has 0 unspecified atom stereocenters. The summed E-state index contributed by atoms with van der Waals surface area (Å²) in [5, 5.41) is 1.72. The fourth-order valence-electron chi connectivity index (χ4n) is 1.75. The summed E-state index contributed by atoms with van der Waals surface area (Å²) in [6, 6.07) is 7.55. The van der Waals surface area contributed by atoms with Crippen LogP contribution in [0.4, 0.5) is 0 Å². The van der Waals surface area contributed by atoms with Gasteiger partial charge in [0.2, 0.25) is 0 Å². The molecule has 4 heteroatoms. The number of esters is 1. The molecule has 0 atom stereocenters. The standard InChI is InChI=1S/C14H16ClNO2/c1-10(2)9-18-14(17)8-16-6-5-11-7-12(15)3-4-13(11)16/h3-7,10H,8-9H2,1-2H3. The number of benzene rings is 1. The van der Waals surface area contributed by atoms with Gasteiger partial charge in [-0.1, -0.05) is 25.4 Å². The van der Waals surface area contributed by atoms with Crippen molar-refractivity contribution in [3.05, 3.63) is 35.5 Å². The molecule has 18 heavy (non-hydrogen) atoms. The third-order valence-electron chi connectivity index (χ3n) is 2.61. The SMILES string of the molecule is CC(C)COC(=O)Cn1ccc2cc(Cl)ccc21. The Labute approximate surface area is 111 Å². The molecule has 1 aromatic carbocycles. The van der Waals surface area contributed by atoms with Gasteiger partial charge >= 0.3 is 5.97 Å². The van der Waals surface area contributed by atoms with Crippen molar-refractivity contribution in [2.75, 3.05) is 6.61 Å². The number of carbonyl (C=O) groups is 1. The van der Waals surface area contributed by atoms with Gasteiger partial charge < -0.3 is 9.30 Å². The molecule has 0 aliphatic heterocycles. The zero-order valence-electron chi connectivity index (χ0n) is 10.5. The van der Waals surface area contributed by atoms with Crippen molar-refractivity contribution in [3.63, 3.8) is 0 Å². The van der Waals surface area contributed by atoms with Crippen molar-refractivity contribution in [1.29, 1.82) is 0 Å². The summed E-state index contributed by atoms with van der Waals surface area (Å²) in [6.45, 7) is 4.72. The molecule has 1 heterocycles. The molecule has 2 rings (SSSR count). The summed E-state index contributed by atoms with van der Waals surface area (Å²) < 4.78 is 7.03. The number of aromatic nitrogens is 1. The van der Waals surface area contributed by atoms with Gasteiger partial charge in [0.25, 0.3) is 0 Å². The highest BCUT2D eigenvalue weighted by molar-refractivity contribution is 6.31. The third kappa shape index (κ3) is 3.05. The molecule has 96 valence electrons. The molecule has 0 spiro atoms. The normalized spacial score (nSPS) is 11.1. The van der Waals surface area contributed by atoms with Gasteiger partial charge in [-0.05, 0) is 30.2 Å². The average Bonchev–Trinajstić information content (AvgIpc) is 2.69. The van der Waals surface area contributed by atoms with E-state index in [-0.39, 0.29) is 12.5 Å². The summed E-state index contributed by atoms with van der Waals surface area (Å²) in [7, 11) is 0. The minimum atomic E-state index is -0.212. The van der Waals surface area contributed by atoms with Crippen molar-refractivity contribution >= 4 is 28.5 Å². The van der Waals surface area contributed by atoms with Gasteiger partial charge in [0.1, 0.15) is 6.54 Å². The summed E-state index contributed by atoms with van der Waals surface area (Å²) >= 11 is 5.92. The fourth-order valence-corrected chi connectivity index (χ4v) is 1.93. The first-order valence-corrected chi connectivity index (χ1v) is 6.34. The Balaban J connectivity index is 2.10. The van der Waals surface area contributed by atoms with Crippen molar-refractivity contribution in [1.82, 2.24) is 4.57 Å². The Kier molecular flexibility index (Phi) is 3.92. The van der Waals surface area contributed by atoms with Gasteiger partial charge in [0, 0.05) is 22.1 Å². The third-order valence-corrected chi connectivity index (χ3v) is 2.85. The summed E-state index contributed by atoms with van der Waals surface area (Å²) in [4.78, 5) is 11.7. The Morgan fingerprint density at radius 3 is 2.89 bits per heavy atom. The first-order valence-electron chi connectivity index (χ1n) is 5.96. The van der Waals surface area contributed by atoms with Crippen LogP contribution in [0.3, 0.4) is 0 Å². The maximum atomic E-state index is 11.7. The van der Waals surface area contributed by atoms with Gasteiger partial charge in [0.15, 0.2) is 0 Å². The van der Waals surface area contributed by atoms with Crippen molar-refractivity contribution in [3.8, 4) is 0 Å². The average molecular weight is 266 g/mol. The van der Waals surface area contributed by atoms with E-state index in [2.05, 4.69) is 0 Å². The quantitative estimate of drug-likeness (QED) is 0.793. The predicted octanol–water partition coefficient (Wildman–Crippen LogP) is 3.49. The molecular formula is C14H16ClNO2. The molecule has 0 radical (unpaired) electrons. The van der Waals surface area contributed by atoms with E-state index in [0.29, 0.717) is 17.5 Å². The zero-order valence-corrected chi connectivity index (χ0v) is 11.3. The van der Waals surface area contributed by atoms with Crippen LogP contribution in [0.15, 0.2) is 30.5 Å². The molecule has 0 N–H and O–H groups in total. The Morgan fingerprint density at radius 1 is 1.39 bits per heavy atom. The fraction of sp³-hybridized carbons (Fsp3) is 0.357. The van der Waals surface area contributed by atoms with E-state index in [4.69, 9.17) is 16.3 Å². The lowest BCUT2D eigenvalue weighted by molar-refractivity contribution is -0.145. The van der Waals surface area contributed by atoms with E-state index in [0.717, 1.165) is 10.9 Å². The summed E-state index contributed by atoms with van der Waals surface area (Å²) in [6.07, 6.45) is 1.87. The van der Waals surface area contributed by atoms with Gasteiger partial charge in [-0.3, -0.25) is 4.79 Å². The van der Waals surface area contributed by atoms with Crippen LogP contribution in [0.2, 0.25) is 5.02 Å². The van der Waals surface area contributed by atoms with E-state index in [1.165, 1.54) is 0 Å². The van der Waals surface area contributed by atoms with Crippen molar-refractivity contribution in [2.24, 2.45) is 5.92 Å². The molecule has 0 bridgehead atoms. The van der Waals surface area contributed by atoms with Crippen LogP contribution in [0.5, 0.6) is 0 Å². The number of hydrogen-bond acceptors (Lipinski definition) is 2. The van der Waals surface area contributed by atoms with E-state index < -0.39 is 0 Å². The zero-order chi connectivity index (χ0) is 13.1. The second-order valence-corrected chi connectivity index (χ2v) is 5.16. The minimum Gasteiger partial charge on any atom is -0.464 e. The molecular weight excluding hydrogens is 250 g/mol. The van der Waals surface area contributed by atoms with Crippen LogP contribution in [-0.4, -0.2) is 17.1 Å². The Morgan fingerprint density at radius 2 is 2.17 bits per heavy atom. The molecule has 1 aromatic heterocycles. The first-order chi connectivity index (χ1) is 8.56. The maximum absolute atomic E-state index is 11.7. The van der Waals surface area contributed by atoms with E-state index >= 15 is 0 Å². The van der Waals surface area contributed by atoms with Crippen LogP contribution in [0.25, 0.3) is 10.9 Å². The molecule has 0 amide bonds. The van der Waals surface area contributed by atoms with Crippen LogP contribution in [-0.2, 0) is 16.1 Å². The number of nitrogens with zero attached hydrogens (tertiary/aromatic N) is 1. The van der Waals surface area contributed by atoms with Crippen LogP contribution >= 0.6 is 11.6 Å². The molecule has 2 aromatic rings. The highest BCUT2D eigenvalue weighted by atomic mass is 35.5. The maximum Gasteiger partial charge on any atom is 0.325 e. The molecule has 0 saturated carbocycles. The monoisotopic (exact) mass is 265 g/mol. The van der Waals surface area contributed by atoms with Crippen LogP contribution in [0, 0.1) is 5.92 Å². The summed E-state index contributed by atoms with van der Waals surface area (Å²) in [5.74, 6) is 0.144. The van der Waals surface area contributed by atoms with Gasteiger partial charge in [-0.15, -0.1) is 0 Å². The van der Waals surface area contributed by atoms with Crippen molar-refractivity contribution in [2.45, 2.75) is 20.4 Å². The van der Waals surface area contributed by atoms with E-state index in [1.807, 2.05) is 48.9 Å².